The second-order valence-corrected chi connectivity index (χ2v) is 6.79. The summed E-state index contributed by atoms with van der Waals surface area (Å²) in [4.78, 5) is 5.96. The van der Waals surface area contributed by atoms with Crippen molar-refractivity contribution in [3.05, 3.63) is 51.0 Å². The number of nitrogens with one attached hydrogen (secondary N) is 1. The van der Waals surface area contributed by atoms with E-state index in [1.54, 1.807) is 11.3 Å². The van der Waals surface area contributed by atoms with Gasteiger partial charge in [0, 0.05) is 17.0 Å². The maximum absolute atomic E-state index is 4.64. The maximum atomic E-state index is 4.64. The van der Waals surface area contributed by atoms with E-state index in [0.29, 0.717) is 6.04 Å². The Morgan fingerprint density at radius 1 is 1.10 bits per heavy atom. The van der Waals surface area contributed by atoms with Gasteiger partial charge >= 0.3 is 0 Å². The minimum absolute atomic E-state index is 0.279. The lowest BCUT2D eigenvalue weighted by atomic mass is 10.0. The minimum Gasteiger partial charge on any atom is -0.302 e. The van der Waals surface area contributed by atoms with Crippen molar-refractivity contribution in [2.24, 2.45) is 0 Å². The maximum Gasteiger partial charge on any atom is 0.0900 e. The van der Waals surface area contributed by atoms with Crippen LogP contribution in [0.5, 0.6) is 0 Å². The number of benzene rings is 1. The van der Waals surface area contributed by atoms with Gasteiger partial charge in [0.15, 0.2) is 0 Å². The Morgan fingerprint density at radius 3 is 2.25 bits per heavy atom. The molecular weight excluding hydrogens is 264 g/mol. The van der Waals surface area contributed by atoms with Crippen LogP contribution in [0.3, 0.4) is 0 Å². The van der Waals surface area contributed by atoms with Gasteiger partial charge in [-0.3, -0.25) is 0 Å². The van der Waals surface area contributed by atoms with Gasteiger partial charge in [-0.2, -0.15) is 0 Å². The van der Waals surface area contributed by atoms with E-state index in [9.17, 15) is 0 Å². The van der Waals surface area contributed by atoms with Crippen molar-refractivity contribution < 1.29 is 0 Å². The van der Waals surface area contributed by atoms with E-state index < -0.39 is 0 Å². The fourth-order valence-corrected chi connectivity index (χ4v) is 3.45. The molecule has 0 aliphatic carbocycles. The van der Waals surface area contributed by atoms with Crippen LogP contribution in [0, 0.1) is 13.8 Å². The van der Waals surface area contributed by atoms with Crippen LogP contribution in [0.4, 0.5) is 0 Å². The third kappa shape index (κ3) is 3.47. The van der Waals surface area contributed by atoms with Crippen molar-refractivity contribution in [3.8, 4) is 0 Å². The fourth-order valence-electron chi connectivity index (χ4n) is 2.54. The Hall–Kier alpha value is -1.19. The quantitative estimate of drug-likeness (QED) is 0.860. The average molecular weight is 288 g/mol. The first-order valence-electron chi connectivity index (χ1n) is 7.30. The summed E-state index contributed by atoms with van der Waals surface area (Å²) < 4.78 is 0. The predicted octanol–water partition coefficient (Wildman–Crippen LogP) is 4.73. The molecule has 0 radical (unpaired) electrons. The van der Waals surface area contributed by atoms with Gasteiger partial charge in [0.25, 0.3) is 0 Å². The van der Waals surface area contributed by atoms with Gasteiger partial charge in [-0.1, -0.05) is 31.2 Å². The predicted molar refractivity (Wildman–Crippen MR) is 87.4 cm³/mol. The zero-order chi connectivity index (χ0) is 14.7. The summed E-state index contributed by atoms with van der Waals surface area (Å²) in [5.74, 6) is 0. The fraction of sp³-hybridized carbons (Fsp3) is 0.471. The Morgan fingerprint density at radius 2 is 1.75 bits per heavy atom. The molecule has 3 heteroatoms. The number of aryl methyl sites for hydroxylation is 3. The van der Waals surface area contributed by atoms with E-state index in [1.165, 1.54) is 21.7 Å². The van der Waals surface area contributed by atoms with E-state index in [2.05, 4.69) is 69.2 Å². The van der Waals surface area contributed by atoms with E-state index in [-0.39, 0.29) is 6.04 Å². The summed E-state index contributed by atoms with van der Waals surface area (Å²) in [5.41, 5.74) is 3.91. The summed E-state index contributed by atoms with van der Waals surface area (Å²) >= 11 is 1.77. The van der Waals surface area contributed by atoms with Crippen LogP contribution in [0.1, 0.15) is 59.6 Å². The molecule has 2 atom stereocenters. The molecule has 2 aromatic rings. The van der Waals surface area contributed by atoms with E-state index >= 15 is 0 Å². The highest BCUT2D eigenvalue weighted by Gasteiger charge is 2.16. The lowest BCUT2D eigenvalue weighted by Gasteiger charge is -2.20. The molecule has 0 fully saturated rings. The largest absolute Gasteiger partial charge is 0.302 e. The number of rotatable bonds is 5. The van der Waals surface area contributed by atoms with Gasteiger partial charge in [0.2, 0.25) is 0 Å². The van der Waals surface area contributed by atoms with E-state index in [0.717, 1.165) is 11.4 Å². The zero-order valence-corrected chi connectivity index (χ0v) is 13.8. The lowest BCUT2D eigenvalue weighted by Crippen LogP contribution is -2.23. The highest BCUT2D eigenvalue weighted by Crippen LogP contribution is 2.25. The number of thiazole rings is 1. The van der Waals surface area contributed by atoms with Crippen molar-refractivity contribution in [3.63, 3.8) is 0 Å². The SMILES string of the molecule is CCc1ccc(C(C)NC(C)c2nc(C)sc2C)cc1. The molecule has 1 aromatic heterocycles. The Bertz CT molecular complexity index is 557. The van der Waals surface area contributed by atoms with Crippen LogP contribution in [0.15, 0.2) is 24.3 Å². The van der Waals surface area contributed by atoms with E-state index in [1.807, 2.05) is 0 Å². The third-order valence-corrected chi connectivity index (χ3v) is 4.64. The molecule has 20 heavy (non-hydrogen) atoms. The van der Waals surface area contributed by atoms with Gasteiger partial charge in [-0.05, 0) is 45.2 Å². The molecule has 1 N–H and O–H groups in total. The summed E-state index contributed by atoms with van der Waals surface area (Å²) in [6.45, 7) is 10.8. The van der Waals surface area contributed by atoms with Crippen molar-refractivity contribution >= 4 is 11.3 Å². The molecule has 2 rings (SSSR count). The van der Waals surface area contributed by atoms with Gasteiger partial charge in [-0.25, -0.2) is 4.98 Å². The highest BCUT2D eigenvalue weighted by molar-refractivity contribution is 7.11. The molecule has 0 amide bonds. The summed E-state index contributed by atoms with van der Waals surface area (Å²) in [6, 6.07) is 9.50. The molecule has 0 aliphatic heterocycles. The Kier molecular flexibility index (Phi) is 4.95. The Labute approximate surface area is 126 Å². The summed E-state index contributed by atoms with van der Waals surface area (Å²) in [5, 5.41) is 4.79. The molecule has 2 unspecified atom stereocenters. The molecule has 0 bridgehead atoms. The highest BCUT2D eigenvalue weighted by atomic mass is 32.1. The van der Waals surface area contributed by atoms with Crippen LogP contribution in [-0.4, -0.2) is 4.98 Å². The van der Waals surface area contributed by atoms with Crippen LogP contribution in [-0.2, 0) is 6.42 Å². The molecule has 0 spiro atoms. The average Bonchev–Trinajstić information content (AvgIpc) is 2.78. The molecule has 108 valence electrons. The van der Waals surface area contributed by atoms with Crippen molar-refractivity contribution in [1.29, 1.82) is 0 Å². The van der Waals surface area contributed by atoms with Crippen molar-refractivity contribution in [2.75, 3.05) is 0 Å². The zero-order valence-electron chi connectivity index (χ0n) is 13.0. The second-order valence-electron chi connectivity index (χ2n) is 5.38. The lowest BCUT2D eigenvalue weighted by molar-refractivity contribution is 0.486. The van der Waals surface area contributed by atoms with Crippen molar-refractivity contribution in [1.82, 2.24) is 10.3 Å². The van der Waals surface area contributed by atoms with Crippen LogP contribution >= 0.6 is 11.3 Å². The van der Waals surface area contributed by atoms with Crippen molar-refractivity contribution in [2.45, 2.75) is 53.1 Å². The first-order valence-corrected chi connectivity index (χ1v) is 8.11. The minimum atomic E-state index is 0.279. The summed E-state index contributed by atoms with van der Waals surface area (Å²) in [6.07, 6.45) is 1.09. The smallest absolute Gasteiger partial charge is 0.0900 e. The van der Waals surface area contributed by atoms with E-state index in [4.69, 9.17) is 0 Å². The molecule has 0 saturated carbocycles. The molecule has 0 aliphatic rings. The molecule has 0 saturated heterocycles. The molecular formula is C17H24N2S. The standard InChI is InChI=1S/C17H24N2S/c1-6-15-7-9-16(10-8-15)11(2)18-12(3)17-13(4)20-14(5)19-17/h7-12,18H,6H2,1-5H3. The number of hydrogen-bond donors (Lipinski definition) is 1. The van der Waals surface area contributed by atoms with Gasteiger partial charge in [0.05, 0.1) is 10.7 Å². The monoisotopic (exact) mass is 288 g/mol. The van der Waals surface area contributed by atoms with Gasteiger partial charge < -0.3 is 5.32 Å². The first-order chi connectivity index (χ1) is 9.51. The number of aromatic nitrogens is 1. The molecule has 1 aromatic carbocycles. The summed E-state index contributed by atoms with van der Waals surface area (Å²) in [7, 11) is 0. The number of nitrogens with zero attached hydrogens (tertiary/aromatic N) is 1. The third-order valence-electron chi connectivity index (χ3n) is 3.74. The van der Waals surface area contributed by atoms with Crippen LogP contribution in [0.25, 0.3) is 0 Å². The van der Waals surface area contributed by atoms with Crippen LogP contribution < -0.4 is 5.32 Å². The topological polar surface area (TPSA) is 24.9 Å². The normalized spacial score (nSPS) is 14.2. The molecule has 1 heterocycles. The van der Waals surface area contributed by atoms with Crippen LogP contribution in [0.2, 0.25) is 0 Å². The first kappa shape index (κ1) is 15.2. The van der Waals surface area contributed by atoms with Gasteiger partial charge in [-0.15, -0.1) is 11.3 Å². The Balaban J connectivity index is 2.06. The number of hydrogen-bond acceptors (Lipinski definition) is 3. The van der Waals surface area contributed by atoms with Gasteiger partial charge in [0.1, 0.15) is 0 Å². The molecule has 2 nitrogen and oxygen atoms in total. The second kappa shape index (κ2) is 6.51.